The highest BCUT2D eigenvalue weighted by atomic mass is 32.2. The molecule has 0 radical (unpaired) electrons. The molecule has 6 rings (SSSR count). The molecule has 10 heteroatoms. The molecule has 43 heavy (non-hydrogen) atoms. The fraction of sp³-hybridized carbons (Fsp3) is 0.212. The van der Waals surface area contributed by atoms with Gasteiger partial charge in [-0.25, -0.2) is 9.79 Å². The van der Waals surface area contributed by atoms with E-state index in [9.17, 15) is 14.4 Å². The summed E-state index contributed by atoms with van der Waals surface area (Å²) < 4.78 is 10.7. The Kier molecular flexibility index (Phi) is 8.55. The molecule has 218 valence electrons. The number of benzene rings is 3. The van der Waals surface area contributed by atoms with Crippen molar-refractivity contribution >= 4 is 46.2 Å². The molecular weight excluding hydrogens is 564 g/mol. The molecule has 1 aromatic heterocycles. The maximum absolute atomic E-state index is 13.6. The second-order valence-electron chi connectivity index (χ2n) is 10.3. The lowest BCUT2D eigenvalue weighted by Gasteiger charge is -2.15. The van der Waals surface area contributed by atoms with Crippen molar-refractivity contribution in [1.29, 1.82) is 0 Å². The van der Waals surface area contributed by atoms with E-state index < -0.39 is 17.3 Å². The van der Waals surface area contributed by atoms with Crippen LogP contribution >= 0.6 is 11.8 Å². The highest BCUT2D eigenvalue weighted by molar-refractivity contribution is 8.15. The van der Waals surface area contributed by atoms with Crippen molar-refractivity contribution in [1.82, 2.24) is 10.2 Å². The van der Waals surface area contributed by atoms with Crippen LogP contribution in [0.15, 0.2) is 101 Å². The molecule has 0 bridgehead atoms. The number of thioether (sulfide) groups is 1. The number of hydrogen-bond donors (Lipinski definition) is 2. The lowest BCUT2D eigenvalue weighted by atomic mass is 10.1. The summed E-state index contributed by atoms with van der Waals surface area (Å²) >= 11 is 1.40. The summed E-state index contributed by atoms with van der Waals surface area (Å²) in [6.45, 7) is 0.164. The topological polar surface area (TPSA) is 113 Å². The number of carbonyl (C=O) groups excluding carboxylic acids is 3. The largest absolute Gasteiger partial charge is 0.467 e. The van der Waals surface area contributed by atoms with E-state index in [2.05, 4.69) is 22.8 Å². The second kappa shape index (κ2) is 13.0. The SMILES string of the molecule is O=C(CNC(=O)OCc1ccccc1)Nc1ccc(C2SC(=Nc3ccc4c(c3)CCC4)N(Cc3ccco3)C2=O)cc1. The summed E-state index contributed by atoms with van der Waals surface area (Å²) in [7, 11) is 0. The number of rotatable bonds is 9. The number of furan rings is 1. The minimum Gasteiger partial charge on any atom is -0.467 e. The number of aliphatic imine (C=N–C) groups is 1. The molecular formula is C33H30N4O5S. The highest BCUT2D eigenvalue weighted by Gasteiger charge is 2.39. The van der Waals surface area contributed by atoms with Crippen molar-refractivity contribution in [3.63, 3.8) is 0 Å². The van der Waals surface area contributed by atoms with E-state index in [1.54, 1.807) is 29.4 Å². The first kappa shape index (κ1) is 28.3. The number of carbonyl (C=O) groups is 3. The molecule has 9 nitrogen and oxygen atoms in total. The minimum absolute atomic E-state index is 0.0867. The molecule has 1 saturated heterocycles. The quantitative estimate of drug-likeness (QED) is 0.241. The Labute approximate surface area is 253 Å². The zero-order chi connectivity index (χ0) is 29.6. The number of fused-ring (bicyclic) bond motifs is 1. The Balaban J connectivity index is 1.09. The van der Waals surface area contributed by atoms with Gasteiger partial charge in [0, 0.05) is 5.69 Å². The fourth-order valence-corrected chi connectivity index (χ4v) is 6.24. The molecule has 1 aliphatic carbocycles. The van der Waals surface area contributed by atoms with Gasteiger partial charge in [-0.15, -0.1) is 0 Å². The standard InChI is InChI=1S/C33H30N4O5S/c38-29(19-34-33(40)42-21-22-6-2-1-3-7-22)35-26-14-12-24(13-15-26)30-31(39)37(20-28-10-5-17-41-28)32(43-30)36-27-16-11-23-8-4-9-25(23)18-27/h1-3,5-7,10-18,30H,4,8-9,19-21H2,(H,34,40)(H,35,38). The van der Waals surface area contributed by atoms with Gasteiger partial charge in [0.25, 0.3) is 0 Å². The number of hydrogen-bond acceptors (Lipinski definition) is 7. The summed E-state index contributed by atoms with van der Waals surface area (Å²) in [4.78, 5) is 44.5. The first-order valence-corrected chi connectivity index (χ1v) is 14.9. The van der Waals surface area contributed by atoms with Gasteiger partial charge in [0.15, 0.2) is 5.17 Å². The molecule has 1 unspecified atom stereocenters. The van der Waals surface area contributed by atoms with Crippen LogP contribution in [0.1, 0.15) is 39.7 Å². The summed E-state index contributed by atoms with van der Waals surface area (Å²) in [5, 5.41) is 5.33. The number of amides is 3. The molecule has 2 N–H and O–H groups in total. The number of anilines is 1. The number of alkyl carbamates (subject to hydrolysis) is 1. The van der Waals surface area contributed by atoms with Crippen molar-refractivity contribution in [2.75, 3.05) is 11.9 Å². The number of ether oxygens (including phenoxy) is 1. The summed E-state index contributed by atoms with van der Waals surface area (Å²) in [6.07, 6.45) is 4.22. The van der Waals surface area contributed by atoms with Crippen LogP contribution in [0.3, 0.4) is 0 Å². The molecule has 1 atom stereocenters. The first-order chi connectivity index (χ1) is 21.0. The van der Waals surface area contributed by atoms with Crippen LogP contribution in [0, 0.1) is 0 Å². The van der Waals surface area contributed by atoms with E-state index in [-0.39, 0.29) is 25.6 Å². The number of nitrogens with zero attached hydrogens (tertiary/aromatic N) is 2. The molecule has 3 amide bonds. The van der Waals surface area contributed by atoms with Gasteiger partial charge >= 0.3 is 6.09 Å². The van der Waals surface area contributed by atoms with Crippen molar-refractivity contribution in [3.05, 3.63) is 119 Å². The Morgan fingerprint density at radius 2 is 1.79 bits per heavy atom. The van der Waals surface area contributed by atoms with Gasteiger partial charge in [0.2, 0.25) is 11.8 Å². The van der Waals surface area contributed by atoms with Crippen molar-refractivity contribution in [2.45, 2.75) is 37.7 Å². The van der Waals surface area contributed by atoms with Crippen LogP contribution in [0.25, 0.3) is 0 Å². The summed E-state index contributed by atoms with van der Waals surface area (Å²) in [5.41, 5.74) is 5.71. The van der Waals surface area contributed by atoms with E-state index in [0.29, 0.717) is 16.6 Å². The maximum Gasteiger partial charge on any atom is 0.407 e. The predicted molar refractivity (Wildman–Crippen MR) is 165 cm³/mol. The van der Waals surface area contributed by atoms with Gasteiger partial charge in [-0.3, -0.25) is 14.5 Å². The fourth-order valence-electron chi connectivity index (χ4n) is 5.07. The third-order valence-corrected chi connectivity index (χ3v) is 8.48. The molecule has 2 heterocycles. The average molecular weight is 595 g/mol. The van der Waals surface area contributed by atoms with Gasteiger partial charge in [-0.05, 0) is 77.9 Å². The van der Waals surface area contributed by atoms with Crippen LogP contribution in [0.2, 0.25) is 0 Å². The third kappa shape index (κ3) is 6.98. The first-order valence-electron chi connectivity index (χ1n) is 14.1. The van der Waals surface area contributed by atoms with Crippen molar-refractivity contribution in [3.8, 4) is 0 Å². The summed E-state index contributed by atoms with van der Waals surface area (Å²) in [5.74, 6) is 0.187. The molecule has 3 aromatic carbocycles. The Bertz CT molecular complexity index is 1640. The Morgan fingerprint density at radius 3 is 2.58 bits per heavy atom. The predicted octanol–water partition coefficient (Wildman–Crippen LogP) is 6.14. The van der Waals surface area contributed by atoms with E-state index in [1.807, 2.05) is 54.6 Å². The molecule has 1 aliphatic heterocycles. The minimum atomic E-state index is -0.678. The number of amidine groups is 1. The molecule has 0 saturated carbocycles. The van der Waals surface area contributed by atoms with Gasteiger partial charge < -0.3 is 19.8 Å². The summed E-state index contributed by atoms with van der Waals surface area (Å²) in [6, 6.07) is 26.3. The Hall–Kier alpha value is -4.83. The lowest BCUT2D eigenvalue weighted by Crippen LogP contribution is -2.33. The molecule has 0 spiro atoms. The highest BCUT2D eigenvalue weighted by Crippen LogP contribution is 2.42. The lowest BCUT2D eigenvalue weighted by molar-refractivity contribution is -0.126. The van der Waals surface area contributed by atoms with E-state index in [1.165, 1.54) is 22.9 Å². The van der Waals surface area contributed by atoms with Crippen molar-refractivity contribution < 1.29 is 23.5 Å². The smallest absolute Gasteiger partial charge is 0.407 e. The third-order valence-electron chi connectivity index (χ3n) is 7.25. The molecule has 4 aromatic rings. The normalized spacial score (nSPS) is 16.7. The van der Waals surface area contributed by atoms with Crippen molar-refractivity contribution in [2.24, 2.45) is 4.99 Å². The van der Waals surface area contributed by atoms with Gasteiger partial charge in [0.1, 0.15) is 24.2 Å². The molecule has 1 fully saturated rings. The number of aryl methyl sites for hydroxylation is 2. The van der Waals surface area contributed by atoms with Gasteiger partial charge in [-0.1, -0.05) is 60.3 Å². The van der Waals surface area contributed by atoms with Crippen LogP contribution in [-0.2, 0) is 40.3 Å². The monoisotopic (exact) mass is 594 g/mol. The van der Waals surface area contributed by atoms with Crippen LogP contribution in [0.4, 0.5) is 16.2 Å². The van der Waals surface area contributed by atoms with Crippen LogP contribution < -0.4 is 10.6 Å². The van der Waals surface area contributed by atoms with Crippen LogP contribution in [-0.4, -0.2) is 34.5 Å². The van der Waals surface area contributed by atoms with Crippen LogP contribution in [0.5, 0.6) is 0 Å². The zero-order valence-electron chi connectivity index (χ0n) is 23.3. The average Bonchev–Trinajstić information content (AvgIpc) is 3.78. The molecule has 2 aliphatic rings. The zero-order valence-corrected chi connectivity index (χ0v) is 24.1. The Morgan fingerprint density at radius 1 is 0.977 bits per heavy atom. The van der Waals surface area contributed by atoms with E-state index in [0.717, 1.165) is 36.1 Å². The van der Waals surface area contributed by atoms with Gasteiger partial charge in [0.05, 0.1) is 18.5 Å². The van der Waals surface area contributed by atoms with Gasteiger partial charge in [-0.2, -0.15) is 0 Å². The number of nitrogens with one attached hydrogen (secondary N) is 2. The maximum atomic E-state index is 13.6. The van der Waals surface area contributed by atoms with E-state index in [4.69, 9.17) is 14.1 Å². The van der Waals surface area contributed by atoms with E-state index >= 15 is 0 Å². The second-order valence-corrected chi connectivity index (χ2v) is 11.4.